The molecule has 6 N–H and O–H groups in total. The van der Waals surface area contributed by atoms with Gasteiger partial charge in [0.05, 0.1) is 0 Å². The Kier molecular flexibility index (Phi) is 8.31. The third-order valence-electron chi connectivity index (χ3n) is 4.23. The standard InChI is InChI=1S/C15H31N3/c16-10-13-8-6-4-2-1-3-5-7-9-14(11-17)15(13)12-18/h13H,1-12,16-18H2. The molecule has 0 fully saturated rings. The molecule has 1 rings (SSSR count). The van der Waals surface area contributed by atoms with Gasteiger partial charge in [-0.15, -0.1) is 0 Å². The Morgan fingerprint density at radius 3 is 1.94 bits per heavy atom. The Morgan fingerprint density at radius 1 is 0.778 bits per heavy atom. The maximum absolute atomic E-state index is 5.95. The van der Waals surface area contributed by atoms with Crippen LogP contribution in [0.15, 0.2) is 11.1 Å². The summed E-state index contributed by atoms with van der Waals surface area (Å²) in [4.78, 5) is 0. The fraction of sp³-hybridized carbons (Fsp3) is 0.867. The van der Waals surface area contributed by atoms with E-state index in [4.69, 9.17) is 17.2 Å². The molecule has 1 atom stereocenters. The Bertz CT molecular complexity index is 248. The monoisotopic (exact) mass is 253 g/mol. The van der Waals surface area contributed by atoms with E-state index < -0.39 is 0 Å². The largest absolute Gasteiger partial charge is 0.330 e. The summed E-state index contributed by atoms with van der Waals surface area (Å²) in [5.74, 6) is 0.466. The Morgan fingerprint density at radius 2 is 1.39 bits per heavy atom. The van der Waals surface area contributed by atoms with Crippen molar-refractivity contribution in [3.63, 3.8) is 0 Å². The van der Waals surface area contributed by atoms with Crippen LogP contribution >= 0.6 is 0 Å². The van der Waals surface area contributed by atoms with Crippen LogP contribution in [0.1, 0.15) is 57.8 Å². The van der Waals surface area contributed by atoms with Gasteiger partial charge in [0.1, 0.15) is 0 Å². The van der Waals surface area contributed by atoms with E-state index in [1.807, 2.05) is 0 Å². The van der Waals surface area contributed by atoms with E-state index in [9.17, 15) is 0 Å². The first-order valence-corrected chi connectivity index (χ1v) is 7.64. The van der Waals surface area contributed by atoms with Crippen LogP contribution in [0.3, 0.4) is 0 Å². The summed E-state index contributed by atoms with van der Waals surface area (Å²) < 4.78 is 0. The summed E-state index contributed by atoms with van der Waals surface area (Å²) >= 11 is 0. The van der Waals surface area contributed by atoms with Crippen LogP contribution in [-0.2, 0) is 0 Å². The minimum absolute atomic E-state index is 0.466. The van der Waals surface area contributed by atoms with Gasteiger partial charge in [0, 0.05) is 13.1 Å². The smallest absolute Gasteiger partial charge is 0.0143 e. The third kappa shape index (κ3) is 5.09. The second-order valence-electron chi connectivity index (χ2n) is 5.48. The lowest BCUT2D eigenvalue weighted by molar-refractivity contribution is 0.486. The fourth-order valence-electron chi connectivity index (χ4n) is 3.04. The lowest BCUT2D eigenvalue weighted by Crippen LogP contribution is -2.25. The van der Waals surface area contributed by atoms with Crippen LogP contribution in [-0.4, -0.2) is 19.6 Å². The minimum atomic E-state index is 0.466. The van der Waals surface area contributed by atoms with Crippen molar-refractivity contribution in [1.82, 2.24) is 0 Å². The average Bonchev–Trinajstić information content (AvgIpc) is 2.39. The van der Waals surface area contributed by atoms with Crippen molar-refractivity contribution in [3.05, 3.63) is 11.1 Å². The van der Waals surface area contributed by atoms with E-state index in [0.29, 0.717) is 19.0 Å². The molecule has 1 aliphatic carbocycles. The molecule has 0 radical (unpaired) electrons. The zero-order chi connectivity index (χ0) is 13.2. The zero-order valence-corrected chi connectivity index (χ0v) is 11.8. The molecule has 1 unspecified atom stereocenters. The van der Waals surface area contributed by atoms with Crippen LogP contribution in [0.5, 0.6) is 0 Å². The van der Waals surface area contributed by atoms with Gasteiger partial charge in [-0.3, -0.25) is 0 Å². The van der Waals surface area contributed by atoms with Crippen molar-refractivity contribution in [2.45, 2.75) is 57.8 Å². The van der Waals surface area contributed by atoms with Crippen LogP contribution in [0, 0.1) is 5.92 Å². The molecule has 0 heterocycles. The first-order valence-electron chi connectivity index (χ1n) is 7.64. The lowest BCUT2D eigenvalue weighted by Gasteiger charge is -2.22. The highest BCUT2D eigenvalue weighted by atomic mass is 14.6. The predicted molar refractivity (Wildman–Crippen MR) is 79.2 cm³/mol. The summed E-state index contributed by atoms with van der Waals surface area (Å²) in [7, 11) is 0. The molecule has 0 aromatic heterocycles. The normalized spacial score (nSPS) is 24.5. The van der Waals surface area contributed by atoms with Gasteiger partial charge < -0.3 is 17.2 Å². The number of hydrogen-bond donors (Lipinski definition) is 3. The fourth-order valence-corrected chi connectivity index (χ4v) is 3.04. The Balaban J connectivity index is 2.77. The van der Waals surface area contributed by atoms with Crippen molar-refractivity contribution < 1.29 is 0 Å². The number of rotatable bonds is 3. The maximum atomic E-state index is 5.95. The first kappa shape index (κ1) is 15.7. The lowest BCUT2D eigenvalue weighted by atomic mass is 9.86. The van der Waals surface area contributed by atoms with Gasteiger partial charge in [-0.1, -0.05) is 49.7 Å². The van der Waals surface area contributed by atoms with Gasteiger partial charge in [0.15, 0.2) is 0 Å². The van der Waals surface area contributed by atoms with Gasteiger partial charge in [-0.25, -0.2) is 0 Å². The summed E-state index contributed by atoms with van der Waals surface area (Å²) in [6.45, 7) is 2.01. The zero-order valence-electron chi connectivity index (χ0n) is 11.8. The molecule has 0 spiro atoms. The quantitative estimate of drug-likeness (QED) is 0.675. The van der Waals surface area contributed by atoms with E-state index in [-0.39, 0.29) is 0 Å². The molecule has 0 saturated carbocycles. The van der Waals surface area contributed by atoms with Crippen LogP contribution in [0.25, 0.3) is 0 Å². The minimum Gasteiger partial charge on any atom is -0.330 e. The SMILES string of the molecule is NCC1=C(CN)C(CN)CCCCCCCCC1. The number of hydrogen-bond acceptors (Lipinski definition) is 3. The molecule has 0 aromatic rings. The summed E-state index contributed by atoms with van der Waals surface area (Å²) in [6, 6.07) is 0. The molecule has 106 valence electrons. The van der Waals surface area contributed by atoms with Crippen LogP contribution < -0.4 is 17.2 Å². The number of nitrogens with two attached hydrogens (primary N) is 3. The first-order chi connectivity index (χ1) is 8.83. The second kappa shape index (κ2) is 9.54. The molecular weight excluding hydrogens is 222 g/mol. The summed E-state index contributed by atoms with van der Waals surface area (Å²) in [6.07, 6.45) is 11.7. The van der Waals surface area contributed by atoms with Crippen LogP contribution in [0.2, 0.25) is 0 Å². The van der Waals surface area contributed by atoms with Crippen molar-refractivity contribution in [2.75, 3.05) is 19.6 Å². The molecule has 0 aromatic carbocycles. The highest BCUT2D eigenvalue weighted by Gasteiger charge is 2.15. The molecule has 0 bridgehead atoms. The van der Waals surface area contributed by atoms with E-state index in [1.165, 1.54) is 62.5 Å². The molecular formula is C15H31N3. The molecule has 3 nitrogen and oxygen atoms in total. The van der Waals surface area contributed by atoms with E-state index in [0.717, 1.165) is 13.0 Å². The third-order valence-corrected chi connectivity index (χ3v) is 4.23. The van der Waals surface area contributed by atoms with E-state index in [1.54, 1.807) is 0 Å². The molecule has 0 amide bonds. The molecule has 0 saturated heterocycles. The molecule has 0 aliphatic heterocycles. The van der Waals surface area contributed by atoms with Crippen molar-refractivity contribution >= 4 is 0 Å². The van der Waals surface area contributed by atoms with E-state index in [2.05, 4.69) is 0 Å². The average molecular weight is 253 g/mol. The Labute approximate surface area is 112 Å². The van der Waals surface area contributed by atoms with Crippen molar-refractivity contribution in [3.8, 4) is 0 Å². The summed E-state index contributed by atoms with van der Waals surface area (Å²) in [5, 5.41) is 0. The molecule has 3 heteroatoms. The van der Waals surface area contributed by atoms with Gasteiger partial charge in [-0.05, 0) is 31.7 Å². The van der Waals surface area contributed by atoms with Gasteiger partial charge in [0.2, 0.25) is 0 Å². The predicted octanol–water partition coefficient (Wildman–Crippen LogP) is 2.30. The highest BCUT2D eigenvalue weighted by molar-refractivity contribution is 5.20. The molecule has 1 aliphatic rings. The van der Waals surface area contributed by atoms with Gasteiger partial charge in [0.25, 0.3) is 0 Å². The summed E-state index contributed by atoms with van der Waals surface area (Å²) in [5.41, 5.74) is 20.5. The van der Waals surface area contributed by atoms with Crippen LogP contribution in [0.4, 0.5) is 0 Å². The topological polar surface area (TPSA) is 78.1 Å². The van der Waals surface area contributed by atoms with Gasteiger partial charge >= 0.3 is 0 Å². The maximum Gasteiger partial charge on any atom is 0.0143 e. The Hall–Kier alpha value is -0.380. The highest BCUT2D eigenvalue weighted by Crippen LogP contribution is 2.24. The van der Waals surface area contributed by atoms with Gasteiger partial charge in [-0.2, -0.15) is 0 Å². The van der Waals surface area contributed by atoms with Crippen molar-refractivity contribution in [2.24, 2.45) is 23.1 Å². The van der Waals surface area contributed by atoms with Crippen molar-refractivity contribution in [1.29, 1.82) is 0 Å². The second-order valence-corrected chi connectivity index (χ2v) is 5.48. The van der Waals surface area contributed by atoms with E-state index >= 15 is 0 Å². The molecule has 18 heavy (non-hydrogen) atoms.